The number of hydrogen-bond acceptors (Lipinski definition) is 2. The van der Waals surface area contributed by atoms with E-state index in [2.05, 4.69) is 0 Å². The lowest BCUT2D eigenvalue weighted by Gasteiger charge is -2.31. The van der Waals surface area contributed by atoms with Crippen molar-refractivity contribution in [1.29, 1.82) is 0 Å². The second-order valence-electron chi connectivity index (χ2n) is 5.01. The standard InChI is InChI=1S/C14H16Cl2N2O2/c15-11-4-3-9(6-12(11)16)7-13(19)18-5-1-2-10(8-18)14(17)20/h3-4,6,10H,1-2,5,7-8H2,(H2,17,20)/t10-/m0/s1. The second-order valence-corrected chi connectivity index (χ2v) is 5.82. The van der Waals surface area contributed by atoms with Gasteiger partial charge in [-0.05, 0) is 30.5 Å². The van der Waals surface area contributed by atoms with Crippen LogP contribution in [0.25, 0.3) is 0 Å². The molecule has 1 aromatic rings. The van der Waals surface area contributed by atoms with Crippen LogP contribution in [0.2, 0.25) is 10.0 Å². The normalized spacial score (nSPS) is 18.9. The number of nitrogens with two attached hydrogens (primary N) is 1. The van der Waals surface area contributed by atoms with Crippen LogP contribution < -0.4 is 5.73 Å². The molecule has 6 heteroatoms. The fourth-order valence-electron chi connectivity index (χ4n) is 2.37. The average molecular weight is 315 g/mol. The molecular formula is C14H16Cl2N2O2. The van der Waals surface area contributed by atoms with Gasteiger partial charge in [-0.15, -0.1) is 0 Å². The van der Waals surface area contributed by atoms with Crippen molar-refractivity contribution in [3.8, 4) is 0 Å². The number of likely N-dealkylation sites (tertiary alicyclic amines) is 1. The van der Waals surface area contributed by atoms with E-state index in [0.717, 1.165) is 18.4 Å². The van der Waals surface area contributed by atoms with Crippen LogP contribution in [0, 0.1) is 5.92 Å². The van der Waals surface area contributed by atoms with Gasteiger partial charge in [0.05, 0.1) is 22.4 Å². The number of piperidine rings is 1. The van der Waals surface area contributed by atoms with Gasteiger partial charge < -0.3 is 10.6 Å². The van der Waals surface area contributed by atoms with Crippen LogP contribution in [0.3, 0.4) is 0 Å². The fourth-order valence-corrected chi connectivity index (χ4v) is 2.69. The van der Waals surface area contributed by atoms with E-state index in [-0.39, 0.29) is 24.2 Å². The highest BCUT2D eigenvalue weighted by Gasteiger charge is 2.26. The summed E-state index contributed by atoms with van der Waals surface area (Å²) in [6, 6.07) is 5.15. The number of rotatable bonds is 3. The zero-order valence-electron chi connectivity index (χ0n) is 10.9. The number of halogens is 2. The number of hydrogen-bond donors (Lipinski definition) is 1. The van der Waals surface area contributed by atoms with Gasteiger partial charge in [0.1, 0.15) is 0 Å². The highest BCUT2D eigenvalue weighted by Crippen LogP contribution is 2.23. The van der Waals surface area contributed by atoms with E-state index in [1.807, 2.05) is 0 Å². The van der Waals surface area contributed by atoms with Crippen LogP contribution in [0.4, 0.5) is 0 Å². The SMILES string of the molecule is NC(=O)[C@H]1CCCN(C(=O)Cc2ccc(Cl)c(Cl)c2)C1. The van der Waals surface area contributed by atoms with Crippen molar-refractivity contribution in [2.24, 2.45) is 11.7 Å². The lowest BCUT2D eigenvalue weighted by molar-refractivity contribution is -0.134. The monoisotopic (exact) mass is 314 g/mol. The maximum Gasteiger partial charge on any atom is 0.227 e. The molecule has 1 aromatic carbocycles. The molecule has 0 aromatic heterocycles. The third-order valence-corrected chi connectivity index (χ3v) is 4.25. The zero-order valence-corrected chi connectivity index (χ0v) is 12.5. The number of carbonyl (C=O) groups is 2. The van der Waals surface area contributed by atoms with Gasteiger partial charge in [-0.3, -0.25) is 9.59 Å². The van der Waals surface area contributed by atoms with Crippen molar-refractivity contribution in [2.45, 2.75) is 19.3 Å². The summed E-state index contributed by atoms with van der Waals surface area (Å²) in [6.45, 7) is 1.08. The molecule has 0 unspecified atom stereocenters. The molecule has 1 atom stereocenters. The minimum atomic E-state index is -0.336. The lowest BCUT2D eigenvalue weighted by atomic mass is 9.97. The average Bonchev–Trinajstić information content (AvgIpc) is 2.43. The number of primary amides is 1. The van der Waals surface area contributed by atoms with Gasteiger partial charge in [0.2, 0.25) is 11.8 Å². The van der Waals surface area contributed by atoms with Gasteiger partial charge in [0.25, 0.3) is 0 Å². The molecule has 0 bridgehead atoms. The Hall–Kier alpha value is -1.26. The van der Waals surface area contributed by atoms with Crippen molar-refractivity contribution >= 4 is 35.0 Å². The quantitative estimate of drug-likeness (QED) is 0.930. The molecule has 108 valence electrons. The molecule has 2 N–H and O–H groups in total. The van der Waals surface area contributed by atoms with Crippen molar-refractivity contribution in [2.75, 3.05) is 13.1 Å². The predicted molar refractivity (Wildman–Crippen MR) is 78.7 cm³/mol. The van der Waals surface area contributed by atoms with Crippen molar-refractivity contribution in [1.82, 2.24) is 4.90 Å². The van der Waals surface area contributed by atoms with Crippen LogP contribution in [-0.4, -0.2) is 29.8 Å². The Bertz CT molecular complexity index is 534. The highest BCUT2D eigenvalue weighted by molar-refractivity contribution is 6.42. The summed E-state index contributed by atoms with van der Waals surface area (Å²) in [5.74, 6) is -0.590. The second kappa shape index (κ2) is 6.46. The van der Waals surface area contributed by atoms with Gasteiger partial charge >= 0.3 is 0 Å². The summed E-state index contributed by atoms with van der Waals surface area (Å²) in [4.78, 5) is 25.1. The van der Waals surface area contributed by atoms with E-state index < -0.39 is 0 Å². The Morgan fingerprint density at radius 2 is 2.05 bits per heavy atom. The smallest absolute Gasteiger partial charge is 0.227 e. The molecule has 1 saturated heterocycles. The molecule has 0 saturated carbocycles. The maximum atomic E-state index is 12.2. The van der Waals surface area contributed by atoms with Crippen molar-refractivity contribution in [3.63, 3.8) is 0 Å². The molecule has 1 aliphatic rings. The molecule has 1 fully saturated rings. The summed E-state index contributed by atoms with van der Waals surface area (Å²) in [6.07, 6.45) is 1.81. The van der Waals surface area contributed by atoms with Crippen LogP contribution in [-0.2, 0) is 16.0 Å². The van der Waals surface area contributed by atoms with Gasteiger partial charge in [-0.25, -0.2) is 0 Å². The third kappa shape index (κ3) is 3.64. The third-order valence-electron chi connectivity index (χ3n) is 3.52. The van der Waals surface area contributed by atoms with E-state index in [1.165, 1.54) is 0 Å². The minimum Gasteiger partial charge on any atom is -0.369 e. The Balaban J connectivity index is 2.00. The largest absolute Gasteiger partial charge is 0.369 e. The van der Waals surface area contributed by atoms with Crippen LogP contribution >= 0.6 is 23.2 Å². The Morgan fingerprint density at radius 3 is 2.70 bits per heavy atom. The summed E-state index contributed by atoms with van der Waals surface area (Å²) < 4.78 is 0. The summed E-state index contributed by atoms with van der Waals surface area (Å²) in [5, 5.41) is 0.903. The number of benzene rings is 1. The summed E-state index contributed by atoms with van der Waals surface area (Å²) >= 11 is 11.8. The molecule has 2 rings (SSSR count). The first-order chi connectivity index (χ1) is 9.47. The predicted octanol–water partition coefficient (Wildman–Crippen LogP) is 2.26. The van der Waals surface area contributed by atoms with Gasteiger partial charge in [-0.2, -0.15) is 0 Å². The topological polar surface area (TPSA) is 63.4 Å². The van der Waals surface area contributed by atoms with Gasteiger partial charge in [0, 0.05) is 13.1 Å². The van der Waals surface area contributed by atoms with Crippen LogP contribution in [0.5, 0.6) is 0 Å². The molecule has 1 aliphatic heterocycles. The van der Waals surface area contributed by atoms with Crippen LogP contribution in [0.15, 0.2) is 18.2 Å². The highest BCUT2D eigenvalue weighted by atomic mass is 35.5. The Labute approximate surface area is 127 Å². The summed E-state index contributed by atoms with van der Waals surface area (Å²) in [7, 11) is 0. The molecule has 0 spiro atoms. The minimum absolute atomic E-state index is 0.0191. The number of nitrogens with zero attached hydrogens (tertiary/aromatic N) is 1. The first kappa shape index (κ1) is 15.1. The molecule has 4 nitrogen and oxygen atoms in total. The van der Waals surface area contributed by atoms with Gasteiger partial charge in [0.15, 0.2) is 0 Å². The van der Waals surface area contributed by atoms with E-state index in [1.54, 1.807) is 23.1 Å². The van der Waals surface area contributed by atoms with E-state index in [4.69, 9.17) is 28.9 Å². The first-order valence-corrected chi connectivity index (χ1v) is 7.24. The molecule has 0 aliphatic carbocycles. The maximum absolute atomic E-state index is 12.2. The Morgan fingerprint density at radius 1 is 1.30 bits per heavy atom. The number of carbonyl (C=O) groups excluding carboxylic acids is 2. The van der Waals surface area contributed by atoms with Crippen molar-refractivity contribution < 1.29 is 9.59 Å². The van der Waals surface area contributed by atoms with Gasteiger partial charge in [-0.1, -0.05) is 29.3 Å². The molecule has 2 amide bonds. The van der Waals surface area contributed by atoms with E-state index in [0.29, 0.717) is 23.1 Å². The molecular weight excluding hydrogens is 299 g/mol. The number of amides is 2. The molecule has 0 radical (unpaired) electrons. The first-order valence-electron chi connectivity index (χ1n) is 6.48. The van der Waals surface area contributed by atoms with Crippen LogP contribution in [0.1, 0.15) is 18.4 Å². The van der Waals surface area contributed by atoms with E-state index >= 15 is 0 Å². The molecule has 20 heavy (non-hydrogen) atoms. The fraction of sp³-hybridized carbons (Fsp3) is 0.429. The Kier molecular flexibility index (Phi) is 4.89. The molecule has 1 heterocycles. The lowest BCUT2D eigenvalue weighted by Crippen LogP contribution is -2.44. The van der Waals surface area contributed by atoms with Crippen molar-refractivity contribution in [3.05, 3.63) is 33.8 Å². The zero-order chi connectivity index (χ0) is 14.7. The summed E-state index contributed by atoms with van der Waals surface area (Å²) in [5.41, 5.74) is 6.12. The van der Waals surface area contributed by atoms with E-state index in [9.17, 15) is 9.59 Å².